The Labute approximate surface area is 126 Å². The summed E-state index contributed by atoms with van der Waals surface area (Å²) >= 11 is 0.748. The Hall–Kier alpha value is -1.93. The van der Waals surface area contributed by atoms with Crippen molar-refractivity contribution in [3.05, 3.63) is 45.5 Å². The van der Waals surface area contributed by atoms with E-state index in [9.17, 15) is 18.5 Å². The van der Waals surface area contributed by atoms with E-state index in [1.54, 1.807) is 12.1 Å². The fraction of sp³-hybridized carbons (Fsp3) is 0.231. The summed E-state index contributed by atoms with van der Waals surface area (Å²) in [4.78, 5) is 10.4. The van der Waals surface area contributed by atoms with E-state index in [2.05, 4.69) is 0 Å². The Kier molecular flexibility index (Phi) is 4.02. The van der Waals surface area contributed by atoms with E-state index in [1.807, 2.05) is 19.9 Å². The van der Waals surface area contributed by atoms with Crippen LogP contribution >= 0.6 is 11.3 Å². The van der Waals surface area contributed by atoms with E-state index in [4.69, 9.17) is 4.74 Å². The summed E-state index contributed by atoms with van der Waals surface area (Å²) in [6, 6.07) is 6.29. The minimum atomic E-state index is -3.51. The highest BCUT2D eigenvalue weighted by molar-refractivity contribution is 7.92. The molecule has 112 valence electrons. The van der Waals surface area contributed by atoms with E-state index >= 15 is 0 Å². The molecule has 1 aromatic carbocycles. The molecule has 0 saturated carbocycles. The van der Waals surface area contributed by atoms with Crippen molar-refractivity contribution in [1.29, 1.82) is 0 Å². The zero-order valence-electron chi connectivity index (χ0n) is 11.6. The largest absolute Gasteiger partial charge is 0.440 e. The second-order valence-electron chi connectivity index (χ2n) is 4.62. The van der Waals surface area contributed by atoms with Gasteiger partial charge in [0.05, 0.1) is 4.92 Å². The first kappa shape index (κ1) is 15.5. The fourth-order valence-corrected chi connectivity index (χ4v) is 3.50. The van der Waals surface area contributed by atoms with Gasteiger partial charge in [0.1, 0.15) is 9.96 Å². The summed E-state index contributed by atoms with van der Waals surface area (Å²) in [6.45, 7) is 3.83. The summed E-state index contributed by atoms with van der Waals surface area (Å²) in [7, 11) is -3.51. The van der Waals surface area contributed by atoms with Gasteiger partial charge in [0, 0.05) is 12.3 Å². The van der Waals surface area contributed by atoms with Crippen LogP contribution in [0, 0.1) is 24.0 Å². The van der Waals surface area contributed by atoms with Crippen molar-refractivity contribution in [3.63, 3.8) is 0 Å². The van der Waals surface area contributed by atoms with Crippen molar-refractivity contribution in [2.24, 2.45) is 0 Å². The average Bonchev–Trinajstić information content (AvgIpc) is 2.78. The molecule has 2 aromatic rings. The number of hydrogen-bond acceptors (Lipinski definition) is 6. The Morgan fingerprint density at radius 1 is 1.19 bits per heavy atom. The lowest BCUT2D eigenvalue weighted by molar-refractivity contribution is -0.385. The van der Waals surface area contributed by atoms with Gasteiger partial charge in [0.15, 0.2) is 9.84 Å². The van der Waals surface area contributed by atoms with Crippen LogP contribution < -0.4 is 4.74 Å². The average molecular weight is 327 g/mol. The monoisotopic (exact) mass is 327 g/mol. The number of nitro groups is 1. The van der Waals surface area contributed by atoms with Crippen molar-refractivity contribution in [3.8, 4) is 10.8 Å². The molecule has 1 heterocycles. The number of aryl methyl sites for hydroxylation is 2. The quantitative estimate of drug-likeness (QED) is 0.634. The second kappa shape index (κ2) is 5.45. The number of thiophene rings is 1. The molecule has 0 aliphatic carbocycles. The molecule has 0 aliphatic heterocycles. The number of rotatable bonds is 4. The predicted molar refractivity (Wildman–Crippen MR) is 80.1 cm³/mol. The second-order valence-corrected chi connectivity index (χ2v) is 7.87. The third-order valence-electron chi connectivity index (χ3n) is 2.91. The summed E-state index contributed by atoms with van der Waals surface area (Å²) in [5, 5.41) is 11.0. The zero-order chi connectivity index (χ0) is 15.8. The maximum absolute atomic E-state index is 11.5. The molecule has 0 radical (unpaired) electrons. The summed E-state index contributed by atoms with van der Waals surface area (Å²) < 4.78 is 28.4. The molecule has 2 rings (SSSR count). The van der Waals surface area contributed by atoms with E-state index in [1.165, 1.54) is 0 Å². The van der Waals surface area contributed by atoms with Crippen LogP contribution in [0.4, 0.5) is 5.69 Å². The highest BCUT2D eigenvalue weighted by Gasteiger charge is 2.25. The van der Waals surface area contributed by atoms with E-state index < -0.39 is 14.8 Å². The molecule has 6 nitrogen and oxygen atoms in total. The Morgan fingerprint density at radius 2 is 1.86 bits per heavy atom. The van der Waals surface area contributed by atoms with Crippen LogP contribution in [0.15, 0.2) is 28.5 Å². The highest BCUT2D eigenvalue weighted by atomic mass is 32.2. The van der Waals surface area contributed by atoms with Crippen LogP contribution in [0.25, 0.3) is 0 Å². The molecule has 0 saturated heterocycles. The fourth-order valence-electron chi connectivity index (χ4n) is 1.61. The Balaban J connectivity index is 2.45. The lowest BCUT2D eigenvalue weighted by Crippen LogP contribution is -1.92. The standard InChI is InChI=1S/C13H13NO5S2/c1-8-4-5-10(6-9(8)2)19-13-11(14(15)16)7-12(20-13)21(3,17)18/h4-7H,1-3H3. The molecule has 0 fully saturated rings. The Morgan fingerprint density at radius 3 is 2.38 bits per heavy atom. The topological polar surface area (TPSA) is 86.5 Å². The molecule has 8 heteroatoms. The van der Waals surface area contributed by atoms with Crippen molar-refractivity contribution in [2.75, 3.05) is 6.26 Å². The predicted octanol–water partition coefficient (Wildman–Crippen LogP) is 3.47. The first-order valence-electron chi connectivity index (χ1n) is 5.92. The molecule has 0 spiro atoms. The molecular formula is C13H13NO5S2. The maximum Gasteiger partial charge on any atom is 0.324 e. The van der Waals surface area contributed by atoms with Gasteiger partial charge in [-0.05, 0) is 37.1 Å². The van der Waals surface area contributed by atoms with Crippen molar-refractivity contribution in [2.45, 2.75) is 18.1 Å². The van der Waals surface area contributed by atoms with Gasteiger partial charge in [-0.2, -0.15) is 0 Å². The maximum atomic E-state index is 11.5. The first-order chi connectivity index (χ1) is 9.68. The first-order valence-corrected chi connectivity index (χ1v) is 8.62. The minimum Gasteiger partial charge on any atom is -0.440 e. The summed E-state index contributed by atoms with van der Waals surface area (Å²) in [6.07, 6.45) is 1.00. The third-order valence-corrected chi connectivity index (χ3v) is 5.71. The molecule has 0 bridgehead atoms. The number of ether oxygens (including phenoxy) is 1. The third kappa shape index (κ3) is 3.40. The van der Waals surface area contributed by atoms with Crippen LogP contribution in [-0.2, 0) is 9.84 Å². The molecule has 0 amide bonds. The smallest absolute Gasteiger partial charge is 0.324 e. The van der Waals surface area contributed by atoms with Crippen LogP contribution in [-0.4, -0.2) is 19.6 Å². The van der Waals surface area contributed by atoms with Crippen LogP contribution in [0.3, 0.4) is 0 Å². The van der Waals surface area contributed by atoms with Crippen molar-refractivity contribution in [1.82, 2.24) is 0 Å². The minimum absolute atomic E-state index is 0.0383. The highest BCUT2D eigenvalue weighted by Crippen LogP contribution is 2.41. The Bertz CT molecular complexity index is 808. The number of hydrogen-bond donors (Lipinski definition) is 0. The number of nitrogens with zero attached hydrogens (tertiary/aromatic N) is 1. The lowest BCUT2D eigenvalue weighted by atomic mass is 10.1. The van der Waals surface area contributed by atoms with Crippen molar-refractivity contribution >= 4 is 26.9 Å². The lowest BCUT2D eigenvalue weighted by Gasteiger charge is -2.05. The van der Waals surface area contributed by atoms with Crippen LogP contribution in [0.2, 0.25) is 0 Å². The molecule has 0 N–H and O–H groups in total. The molecule has 21 heavy (non-hydrogen) atoms. The molecule has 0 unspecified atom stereocenters. The van der Waals surface area contributed by atoms with Gasteiger partial charge in [-0.25, -0.2) is 8.42 Å². The van der Waals surface area contributed by atoms with Gasteiger partial charge in [-0.15, -0.1) is 0 Å². The van der Waals surface area contributed by atoms with Gasteiger partial charge in [-0.3, -0.25) is 10.1 Å². The van der Waals surface area contributed by atoms with E-state index in [-0.39, 0.29) is 15.0 Å². The van der Waals surface area contributed by atoms with Gasteiger partial charge >= 0.3 is 5.69 Å². The van der Waals surface area contributed by atoms with Gasteiger partial charge < -0.3 is 4.74 Å². The molecule has 0 atom stereocenters. The van der Waals surface area contributed by atoms with Gasteiger partial charge in [0.25, 0.3) is 5.06 Å². The normalized spacial score (nSPS) is 11.4. The molecule has 0 aliphatic rings. The zero-order valence-corrected chi connectivity index (χ0v) is 13.2. The summed E-state index contributed by atoms with van der Waals surface area (Å²) in [5.74, 6) is 0.433. The SMILES string of the molecule is Cc1ccc(Oc2sc(S(C)(=O)=O)cc2[N+](=O)[O-])cc1C. The van der Waals surface area contributed by atoms with Crippen molar-refractivity contribution < 1.29 is 18.1 Å². The van der Waals surface area contributed by atoms with Gasteiger partial charge in [0.2, 0.25) is 0 Å². The van der Waals surface area contributed by atoms with E-state index in [0.29, 0.717) is 5.75 Å². The number of sulfone groups is 1. The van der Waals surface area contributed by atoms with E-state index in [0.717, 1.165) is 34.8 Å². The van der Waals surface area contributed by atoms with Gasteiger partial charge in [-0.1, -0.05) is 17.4 Å². The van der Waals surface area contributed by atoms with Crippen LogP contribution in [0.1, 0.15) is 11.1 Å². The summed E-state index contributed by atoms with van der Waals surface area (Å²) in [5.41, 5.74) is 1.70. The number of benzene rings is 1. The molecular weight excluding hydrogens is 314 g/mol. The van der Waals surface area contributed by atoms with Crippen LogP contribution in [0.5, 0.6) is 10.8 Å². The molecule has 1 aromatic heterocycles.